The number of nitro groups is 1. The van der Waals surface area contributed by atoms with Crippen molar-refractivity contribution >= 4 is 33.2 Å². The van der Waals surface area contributed by atoms with E-state index in [9.17, 15) is 28.1 Å². The summed E-state index contributed by atoms with van der Waals surface area (Å²) in [6.07, 6.45) is -0.0547. The van der Waals surface area contributed by atoms with Crippen molar-refractivity contribution in [3.05, 3.63) is 63.7 Å². The van der Waals surface area contributed by atoms with Crippen LogP contribution in [0.1, 0.15) is 24.0 Å². The van der Waals surface area contributed by atoms with Gasteiger partial charge in [0.25, 0.3) is 15.7 Å². The summed E-state index contributed by atoms with van der Waals surface area (Å²) in [4.78, 5) is 35.4. The monoisotopic (exact) mass is 417 g/mol. The van der Waals surface area contributed by atoms with Crippen molar-refractivity contribution in [2.75, 3.05) is 5.32 Å². The fraction of sp³-hybridized carbons (Fsp3) is 0.263. The third kappa shape index (κ3) is 3.97. The molecule has 9 nitrogen and oxygen atoms in total. The van der Waals surface area contributed by atoms with Crippen molar-refractivity contribution in [3.63, 3.8) is 0 Å². The van der Waals surface area contributed by atoms with Gasteiger partial charge >= 0.3 is 0 Å². The summed E-state index contributed by atoms with van der Waals surface area (Å²) in [6, 6.07) is 8.73. The highest BCUT2D eigenvalue weighted by atomic mass is 32.2. The molecule has 0 aromatic heterocycles. The SMILES string of the molecule is Cc1ccc(S(=O)(=O)N2C(=O)CC[C@H]2C(=O)Nc2cc([N+](=O)[O-])ccc2C)cc1. The number of rotatable bonds is 5. The second-order valence-corrected chi connectivity index (χ2v) is 8.62. The Morgan fingerprint density at radius 2 is 1.83 bits per heavy atom. The molecule has 0 radical (unpaired) electrons. The highest BCUT2D eigenvalue weighted by Crippen LogP contribution is 2.29. The molecule has 2 aromatic rings. The highest BCUT2D eigenvalue weighted by molar-refractivity contribution is 7.89. The number of hydrogen-bond acceptors (Lipinski definition) is 6. The highest BCUT2D eigenvalue weighted by Gasteiger charge is 2.44. The van der Waals surface area contributed by atoms with Gasteiger partial charge in [0.1, 0.15) is 6.04 Å². The molecule has 1 aliphatic heterocycles. The zero-order valence-corrected chi connectivity index (χ0v) is 16.6. The number of nitrogens with one attached hydrogen (secondary N) is 1. The summed E-state index contributed by atoms with van der Waals surface area (Å²) in [5, 5.41) is 13.5. The van der Waals surface area contributed by atoms with Crippen molar-refractivity contribution in [3.8, 4) is 0 Å². The molecule has 0 unspecified atom stereocenters. The Balaban J connectivity index is 1.91. The number of anilines is 1. The molecule has 1 atom stereocenters. The van der Waals surface area contributed by atoms with E-state index in [1.807, 2.05) is 0 Å². The molecule has 152 valence electrons. The first-order valence-corrected chi connectivity index (χ1v) is 10.2. The van der Waals surface area contributed by atoms with E-state index in [2.05, 4.69) is 5.32 Å². The number of carbonyl (C=O) groups excluding carboxylic acids is 2. The van der Waals surface area contributed by atoms with Gasteiger partial charge < -0.3 is 5.32 Å². The zero-order chi connectivity index (χ0) is 21.3. The lowest BCUT2D eigenvalue weighted by Crippen LogP contribution is -2.45. The smallest absolute Gasteiger partial charge is 0.271 e. The molecular formula is C19H19N3O6S. The maximum absolute atomic E-state index is 13.0. The predicted octanol–water partition coefficient (Wildman–Crippen LogP) is 2.53. The molecule has 1 saturated heterocycles. The number of nitro benzene ring substituents is 1. The normalized spacial score (nSPS) is 16.7. The van der Waals surface area contributed by atoms with Gasteiger partial charge in [-0.05, 0) is 38.0 Å². The van der Waals surface area contributed by atoms with Crippen LogP contribution in [0, 0.1) is 24.0 Å². The topological polar surface area (TPSA) is 127 Å². The Kier molecular flexibility index (Phi) is 5.38. The third-order valence-corrected chi connectivity index (χ3v) is 6.57. The van der Waals surface area contributed by atoms with Crippen LogP contribution in [-0.4, -0.2) is 35.5 Å². The van der Waals surface area contributed by atoms with Gasteiger partial charge in [-0.2, -0.15) is 0 Å². The number of sulfonamides is 1. The van der Waals surface area contributed by atoms with E-state index < -0.39 is 32.8 Å². The first-order chi connectivity index (χ1) is 13.6. The minimum atomic E-state index is -4.21. The molecule has 1 aliphatic rings. The largest absolute Gasteiger partial charge is 0.324 e. The number of amides is 2. The van der Waals surface area contributed by atoms with Crippen LogP contribution in [0.2, 0.25) is 0 Å². The molecular weight excluding hydrogens is 398 g/mol. The van der Waals surface area contributed by atoms with Crippen LogP contribution in [0.3, 0.4) is 0 Å². The van der Waals surface area contributed by atoms with E-state index >= 15 is 0 Å². The number of nitrogens with zero attached hydrogens (tertiary/aromatic N) is 2. The number of hydrogen-bond donors (Lipinski definition) is 1. The summed E-state index contributed by atoms with van der Waals surface area (Å²) in [7, 11) is -4.21. The van der Waals surface area contributed by atoms with Crippen LogP contribution in [0.15, 0.2) is 47.4 Å². The van der Waals surface area contributed by atoms with Crippen molar-refractivity contribution in [1.82, 2.24) is 4.31 Å². The van der Waals surface area contributed by atoms with Gasteiger partial charge in [0.2, 0.25) is 11.8 Å². The third-order valence-electron chi connectivity index (χ3n) is 4.73. The van der Waals surface area contributed by atoms with Gasteiger partial charge in [0.05, 0.1) is 15.5 Å². The fourth-order valence-electron chi connectivity index (χ4n) is 3.10. The Morgan fingerprint density at radius 3 is 2.45 bits per heavy atom. The summed E-state index contributed by atoms with van der Waals surface area (Å²) in [6.45, 7) is 3.45. The Morgan fingerprint density at radius 1 is 1.17 bits per heavy atom. The fourth-order valence-corrected chi connectivity index (χ4v) is 4.70. The van der Waals surface area contributed by atoms with E-state index in [4.69, 9.17) is 0 Å². The molecule has 0 aliphatic carbocycles. The van der Waals surface area contributed by atoms with E-state index in [-0.39, 0.29) is 29.1 Å². The van der Waals surface area contributed by atoms with Gasteiger partial charge in [0, 0.05) is 18.6 Å². The average molecular weight is 417 g/mol. The van der Waals surface area contributed by atoms with Gasteiger partial charge in [-0.25, -0.2) is 12.7 Å². The lowest BCUT2D eigenvalue weighted by Gasteiger charge is -2.24. The number of non-ortho nitro benzene ring substituents is 1. The number of aryl methyl sites for hydroxylation is 2. The summed E-state index contributed by atoms with van der Waals surface area (Å²) >= 11 is 0. The van der Waals surface area contributed by atoms with Crippen LogP contribution in [0.4, 0.5) is 11.4 Å². The average Bonchev–Trinajstić information content (AvgIpc) is 3.06. The number of benzene rings is 2. The second-order valence-electron chi connectivity index (χ2n) is 6.81. The van der Waals surface area contributed by atoms with Crippen LogP contribution >= 0.6 is 0 Å². The second kappa shape index (κ2) is 7.63. The Bertz CT molecular complexity index is 1100. The maximum atomic E-state index is 13.0. The van der Waals surface area contributed by atoms with Crippen LogP contribution in [-0.2, 0) is 19.6 Å². The lowest BCUT2D eigenvalue weighted by atomic mass is 10.1. The van der Waals surface area contributed by atoms with Crippen molar-refractivity contribution in [2.24, 2.45) is 0 Å². The summed E-state index contributed by atoms with van der Waals surface area (Å²) in [5.41, 5.74) is 1.40. The van der Waals surface area contributed by atoms with E-state index in [1.54, 1.807) is 26.0 Å². The van der Waals surface area contributed by atoms with Gasteiger partial charge in [-0.1, -0.05) is 23.8 Å². The van der Waals surface area contributed by atoms with Crippen LogP contribution in [0.25, 0.3) is 0 Å². The van der Waals surface area contributed by atoms with Crippen LogP contribution in [0.5, 0.6) is 0 Å². The van der Waals surface area contributed by atoms with E-state index in [0.717, 1.165) is 5.56 Å². The molecule has 2 amide bonds. The Labute approximate surface area is 167 Å². The van der Waals surface area contributed by atoms with Crippen LogP contribution < -0.4 is 5.32 Å². The van der Waals surface area contributed by atoms with Gasteiger partial charge in [-0.15, -0.1) is 0 Å². The molecule has 3 rings (SSSR count). The van der Waals surface area contributed by atoms with Crippen molar-refractivity contribution < 1.29 is 22.9 Å². The molecule has 0 spiro atoms. The molecule has 1 fully saturated rings. The number of carbonyl (C=O) groups is 2. The zero-order valence-electron chi connectivity index (χ0n) is 15.8. The molecule has 10 heteroatoms. The maximum Gasteiger partial charge on any atom is 0.271 e. The molecule has 0 saturated carbocycles. The summed E-state index contributed by atoms with van der Waals surface area (Å²) in [5.74, 6) is -1.38. The van der Waals surface area contributed by atoms with Gasteiger partial charge in [0.15, 0.2) is 0 Å². The first-order valence-electron chi connectivity index (χ1n) is 8.81. The quantitative estimate of drug-likeness (QED) is 0.588. The molecule has 1 N–H and O–H groups in total. The van der Waals surface area contributed by atoms with E-state index in [1.165, 1.54) is 30.3 Å². The standard InChI is InChI=1S/C19H19N3O6S/c1-12-3-7-15(8-4-12)29(27,28)21-17(9-10-18(21)23)19(24)20-16-11-14(22(25)26)6-5-13(16)2/h3-8,11,17H,9-10H2,1-2H3,(H,20,24)/t17-/m0/s1. The lowest BCUT2D eigenvalue weighted by molar-refractivity contribution is -0.384. The molecule has 2 aromatic carbocycles. The minimum absolute atomic E-state index is 0.0315. The molecule has 0 bridgehead atoms. The van der Waals surface area contributed by atoms with E-state index in [0.29, 0.717) is 9.87 Å². The molecule has 1 heterocycles. The predicted molar refractivity (Wildman–Crippen MR) is 105 cm³/mol. The van der Waals surface area contributed by atoms with Crippen molar-refractivity contribution in [2.45, 2.75) is 37.6 Å². The summed E-state index contributed by atoms with van der Waals surface area (Å²) < 4.78 is 26.6. The molecule has 29 heavy (non-hydrogen) atoms. The first kappa shape index (κ1) is 20.5. The van der Waals surface area contributed by atoms with Crippen molar-refractivity contribution in [1.29, 1.82) is 0 Å². The van der Waals surface area contributed by atoms with Gasteiger partial charge in [-0.3, -0.25) is 19.7 Å². The minimum Gasteiger partial charge on any atom is -0.324 e. The Hall–Kier alpha value is -3.27.